The Morgan fingerprint density at radius 1 is 1.47 bits per heavy atom. The fourth-order valence-corrected chi connectivity index (χ4v) is 2.29. The Kier molecular flexibility index (Phi) is 2.90. The summed E-state index contributed by atoms with van der Waals surface area (Å²) in [7, 11) is 0. The van der Waals surface area contributed by atoms with E-state index in [2.05, 4.69) is 15.9 Å². The van der Waals surface area contributed by atoms with Crippen LogP contribution in [0.1, 0.15) is 12.8 Å². The van der Waals surface area contributed by atoms with Crippen LogP contribution in [-0.2, 0) is 0 Å². The largest absolute Gasteiger partial charge is 0.490 e. The van der Waals surface area contributed by atoms with Crippen molar-refractivity contribution in [2.45, 2.75) is 23.8 Å². The Bertz CT molecular complexity index is 377. The van der Waals surface area contributed by atoms with Crippen molar-refractivity contribution >= 4 is 21.6 Å². The SMILES string of the molecule is O=[N+]([O-])c1cccc(OC2CC(Br)C2)c1. The number of non-ortho nitro benzene ring substituents is 1. The number of nitro benzene ring substituents is 1. The zero-order chi connectivity index (χ0) is 10.8. The molecule has 15 heavy (non-hydrogen) atoms. The van der Waals surface area contributed by atoms with E-state index in [1.54, 1.807) is 12.1 Å². The minimum absolute atomic E-state index is 0.0715. The molecule has 0 bridgehead atoms. The summed E-state index contributed by atoms with van der Waals surface area (Å²) in [5.41, 5.74) is 0.0715. The molecule has 5 heteroatoms. The molecule has 1 fully saturated rings. The van der Waals surface area contributed by atoms with Crippen LogP contribution >= 0.6 is 15.9 Å². The summed E-state index contributed by atoms with van der Waals surface area (Å²) < 4.78 is 5.58. The summed E-state index contributed by atoms with van der Waals surface area (Å²) in [6.45, 7) is 0. The van der Waals surface area contributed by atoms with Gasteiger partial charge < -0.3 is 4.74 Å². The van der Waals surface area contributed by atoms with Gasteiger partial charge in [-0.25, -0.2) is 0 Å². The Labute approximate surface area is 95.5 Å². The number of halogens is 1. The molecule has 0 radical (unpaired) electrons. The average molecular weight is 272 g/mol. The highest BCUT2D eigenvalue weighted by Gasteiger charge is 2.28. The van der Waals surface area contributed by atoms with Gasteiger partial charge in [0.1, 0.15) is 11.9 Å². The maximum atomic E-state index is 10.5. The standard InChI is InChI=1S/C10H10BrNO3/c11-7-4-10(5-7)15-9-3-1-2-8(6-9)12(13)14/h1-3,6-7,10H,4-5H2. The molecule has 0 amide bonds. The Morgan fingerprint density at radius 3 is 2.80 bits per heavy atom. The molecule has 0 spiro atoms. The van der Waals surface area contributed by atoms with Gasteiger partial charge in [-0.05, 0) is 18.9 Å². The number of hydrogen-bond donors (Lipinski definition) is 0. The van der Waals surface area contributed by atoms with E-state index >= 15 is 0 Å². The Balaban J connectivity index is 2.02. The predicted octanol–water partition coefficient (Wildman–Crippen LogP) is 2.90. The third kappa shape index (κ3) is 2.47. The quantitative estimate of drug-likeness (QED) is 0.483. The summed E-state index contributed by atoms with van der Waals surface area (Å²) in [5.74, 6) is 0.577. The van der Waals surface area contributed by atoms with Gasteiger partial charge in [0, 0.05) is 10.9 Å². The minimum atomic E-state index is -0.416. The van der Waals surface area contributed by atoms with Gasteiger partial charge in [-0.15, -0.1) is 0 Å². The molecule has 0 aromatic heterocycles. The second-order valence-corrected chi connectivity index (χ2v) is 4.86. The van der Waals surface area contributed by atoms with Gasteiger partial charge >= 0.3 is 0 Å². The van der Waals surface area contributed by atoms with Crippen molar-refractivity contribution < 1.29 is 9.66 Å². The summed E-state index contributed by atoms with van der Waals surface area (Å²) in [5, 5.41) is 10.5. The molecule has 0 atom stereocenters. The highest BCUT2D eigenvalue weighted by atomic mass is 79.9. The lowest BCUT2D eigenvalue weighted by Gasteiger charge is -2.31. The summed E-state index contributed by atoms with van der Waals surface area (Å²) in [6, 6.07) is 6.30. The third-order valence-corrected chi connectivity index (χ3v) is 3.12. The van der Waals surface area contributed by atoms with Gasteiger partial charge in [-0.2, -0.15) is 0 Å². The summed E-state index contributed by atoms with van der Waals surface area (Å²) in [4.78, 5) is 10.6. The molecular formula is C10H10BrNO3. The lowest BCUT2D eigenvalue weighted by atomic mass is 9.96. The van der Waals surface area contributed by atoms with Crippen molar-refractivity contribution in [1.82, 2.24) is 0 Å². The van der Waals surface area contributed by atoms with Gasteiger partial charge in [0.2, 0.25) is 0 Å². The number of nitro groups is 1. The van der Waals surface area contributed by atoms with E-state index in [9.17, 15) is 10.1 Å². The molecule has 2 rings (SSSR count). The van der Waals surface area contributed by atoms with Gasteiger partial charge in [-0.1, -0.05) is 22.0 Å². The summed E-state index contributed by atoms with van der Waals surface area (Å²) >= 11 is 3.46. The van der Waals surface area contributed by atoms with Crippen molar-refractivity contribution in [1.29, 1.82) is 0 Å². The van der Waals surface area contributed by atoms with Crippen molar-refractivity contribution in [2.24, 2.45) is 0 Å². The van der Waals surface area contributed by atoms with E-state index in [-0.39, 0.29) is 11.8 Å². The normalized spacial score (nSPS) is 24.3. The first-order valence-electron chi connectivity index (χ1n) is 4.70. The van der Waals surface area contributed by atoms with E-state index in [4.69, 9.17) is 4.74 Å². The monoisotopic (exact) mass is 271 g/mol. The highest BCUT2D eigenvalue weighted by Crippen LogP contribution is 2.31. The van der Waals surface area contributed by atoms with Crippen LogP contribution in [0.3, 0.4) is 0 Å². The Morgan fingerprint density at radius 2 is 2.20 bits per heavy atom. The molecule has 1 aromatic rings. The molecule has 1 aromatic carbocycles. The highest BCUT2D eigenvalue weighted by molar-refractivity contribution is 9.09. The van der Waals surface area contributed by atoms with Crippen LogP contribution < -0.4 is 4.74 Å². The van der Waals surface area contributed by atoms with Crippen LogP contribution in [0, 0.1) is 10.1 Å². The van der Waals surface area contributed by atoms with Crippen molar-refractivity contribution in [2.75, 3.05) is 0 Å². The maximum Gasteiger partial charge on any atom is 0.273 e. The second-order valence-electron chi connectivity index (χ2n) is 3.56. The predicted molar refractivity (Wildman–Crippen MR) is 59.5 cm³/mol. The first-order valence-corrected chi connectivity index (χ1v) is 5.62. The minimum Gasteiger partial charge on any atom is -0.490 e. The fraction of sp³-hybridized carbons (Fsp3) is 0.400. The molecule has 0 aliphatic heterocycles. The van der Waals surface area contributed by atoms with Gasteiger partial charge in [0.25, 0.3) is 5.69 Å². The van der Waals surface area contributed by atoms with Crippen LogP contribution in [0.4, 0.5) is 5.69 Å². The second kappa shape index (κ2) is 4.18. The molecule has 0 heterocycles. The first kappa shape index (κ1) is 10.4. The number of nitrogens with zero attached hydrogens (tertiary/aromatic N) is 1. The number of benzene rings is 1. The van der Waals surface area contributed by atoms with E-state index in [0.717, 1.165) is 12.8 Å². The topological polar surface area (TPSA) is 52.4 Å². The van der Waals surface area contributed by atoms with Crippen LogP contribution in [0.5, 0.6) is 5.75 Å². The summed E-state index contributed by atoms with van der Waals surface area (Å²) in [6.07, 6.45) is 2.11. The zero-order valence-corrected chi connectivity index (χ0v) is 9.51. The molecule has 0 unspecified atom stereocenters. The van der Waals surface area contributed by atoms with Crippen LogP contribution in [0.2, 0.25) is 0 Å². The number of hydrogen-bond acceptors (Lipinski definition) is 3. The van der Waals surface area contributed by atoms with Crippen LogP contribution in [-0.4, -0.2) is 15.9 Å². The zero-order valence-electron chi connectivity index (χ0n) is 7.93. The molecule has 0 saturated heterocycles. The van der Waals surface area contributed by atoms with E-state index in [0.29, 0.717) is 10.6 Å². The molecule has 0 N–H and O–H groups in total. The average Bonchev–Trinajstić information content (AvgIpc) is 2.16. The molecule has 1 aliphatic carbocycles. The van der Waals surface area contributed by atoms with Crippen LogP contribution in [0.15, 0.2) is 24.3 Å². The molecule has 1 saturated carbocycles. The van der Waals surface area contributed by atoms with E-state index in [1.807, 2.05) is 0 Å². The third-order valence-electron chi connectivity index (χ3n) is 2.37. The Hall–Kier alpha value is -1.10. The lowest BCUT2D eigenvalue weighted by Crippen LogP contribution is -2.33. The van der Waals surface area contributed by atoms with E-state index in [1.165, 1.54) is 12.1 Å². The number of rotatable bonds is 3. The van der Waals surface area contributed by atoms with E-state index < -0.39 is 4.92 Å². The molecular weight excluding hydrogens is 262 g/mol. The molecule has 1 aliphatic rings. The smallest absolute Gasteiger partial charge is 0.273 e. The van der Waals surface area contributed by atoms with Crippen molar-refractivity contribution in [3.05, 3.63) is 34.4 Å². The molecule has 80 valence electrons. The van der Waals surface area contributed by atoms with Crippen molar-refractivity contribution in [3.8, 4) is 5.75 Å². The molecule has 4 nitrogen and oxygen atoms in total. The van der Waals surface area contributed by atoms with Gasteiger partial charge in [0.05, 0.1) is 11.0 Å². The first-order chi connectivity index (χ1) is 7.15. The number of alkyl halides is 1. The maximum absolute atomic E-state index is 10.5. The van der Waals surface area contributed by atoms with Crippen LogP contribution in [0.25, 0.3) is 0 Å². The van der Waals surface area contributed by atoms with Gasteiger partial charge in [0.15, 0.2) is 0 Å². The lowest BCUT2D eigenvalue weighted by molar-refractivity contribution is -0.385. The van der Waals surface area contributed by atoms with Crippen molar-refractivity contribution in [3.63, 3.8) is 0 Å². The fourth-order valence-electron chi connectivity index (χ4n) is 1.46. The number of ether oxygens (including phenoxy) is 1. The van der Waals surface area contributed by atoms with Gasteiger partial charge in [-0.3, -0.25) is 10.1 Å².